The van der Waals surface area contributed by atoms with E-state index in [0.29, 0.717) is 77.0 Å². The van der Waals surface area contributed by atoms with Crippen LogP contribution in [-0.2, 0) is 14.3 Å². The minimum Gasteiger partial charge on any atom is -0.486 e. The van der Waals surface area contributed by atoms with Gasteiger partial charge < -0.3 is 24.2 Å². The van der Waals surface area contributed by atoms with Crippen LogP contribution in [0.4, 0.5) is 10.2 Å². The van der Waals surface area contributed by atoms with Crippen molar-refractivity contribution < 1.29 is 28.5 Å². The highest BCUT2D eigenvalue weighted by Crippen LogP contribution is 2.40. The molecule has 2 aromatic heterocycles. The van der Waals surface area contributed by atoms with Crippen LogP contribution in [0.2, 0.25) is 0 Å². The monoisotopic (exact) mass is 656 g/mol. The summed E-state index contributed by atoms with van der Waals surface area (Å²) in [5, 5.41) is 15.5. The van der Waals surface area contributed by atoms with Gasteiger partial charge >= 0.3 is 5.97 Å². The number of carboxylic acid groups (broad SMARTS) is 1. The fraction of sp³-hybridized carbons (Fsp3) is 0.447. The Hall–Kier alpha value is -4.28. The van der Waals surface area contributed by atoms with Gasteiger partial charge in [-0.25, -0.2) is 14.2 Å². The van der Waals surface area contributed by atoms with Crippen molar-refractivity contribution in [2.75, 3.05) is 24.6 Å². The first-order valence-corrected chi connectivity index (χ1v) is 16.7. The van der Waals surface area contributed by atoms with Crippen molar-refractivity contribution in [3.8, 4) is 28.1 Å². The maximum atomic E-state index is 15.9. The summed E-state index contributed by atoms with van der Waals surface area (Å²) < 4.78 is 36.7. The third-order valence-electron chi connectivity index (χ3n) is 9.19. The number of aliphatic carboxylic acids is 1. The minimum absolute atomic E-state index is 0.268. The lowest BCUT2D eigenvalue weighted by Crippen LogP contribution is -2.45. The fourth-order valence-electron chi connectivity index (χ4n) is 6.53. The van der Waals surface area contributed by atoms with Crippen LogP contribution < -0.4 is 9.64 Å². The van der Waals surface area contributed by atoms with E-state index in [-0.39, 0.29) is 17.5 Å². The molecule has 2 aromatic carbocycles. The second-order valence-corrected chi connectivity index (χ2v) is 14.1. The second kappa shape index (κ2) is 13.0. The minimum atomic E-state index is -1.27. The molecular weight excluding hydrogens is 611 g/mol. The number of nitrogens with zero attached hydrogens (tertiary/aromatic N) is 4. The number of piperidine rings is 1. The molecule has 0 spiro atoms. The molecule has 1 saturated heterocycles. The lowest BCUT2D eigenvalue weighted by molar-refractivity contribution is -0.160. The lowest BCUT2D eigenvalue weighted by atomic mass is 9.92. The third kappa shape index (κ3) is 6.69. The van der Waals surface area contributed by atoms with Crippen LogP contribution in [0.25, 0.3) is 28.0 Å². The predicted octanol–water partition coefficient (Wildman–Crippen LogP) is 7.86. The number of anilines is 1. The number of benzene rings is 2. The SMILES string of the molecule is CC[C@H]1/C=C/COC2(C)CCN(CC2)c2c([C@H](OC(C)(C)C)C(=O)O)c(C)nc3cc(nn23)-c2cccc(c2)-c2c(ccc(C)c2F)O1. The van der Waals surface area contributed by atoms with Crippen molar-refractivity contribution in [3.63, 3.8) is 0 Å². The molecule has 5 heterocycles. The van der Waals surface area contributed by atoms with Gasteiger partial charge in [-0.1, -0.05) is 37.3 Å². The lowest BCUT2D eigenvalue weighted by Gasteiger charge is -2.41. The molecule has 10 heteroatoms. The molecule has 1 fully saturated rings. The zero-order chi connectivity index (χ0) is 34.4. The maximum absolute atomic E-state index is 15.9. The topological polar surface area (TPSA) is 98.4 Å². The van der Waals surface area contributed by atoms with Crippen molar-refractivity contribution >= 4 is 17.4 Å². The smallest absolute Gasteiger partial charge is 0.337 e. The van der Waals surface area contributed by atoms with E-state index >= 15 is 4.39 Å². The van der Waals surface area contributed by atoms with E-state index in [0.717, 1.165) is 18.4 Å². The summed E-state index contributed by atoms with van der Waals surface area (Å²) in [5.74, 6) is -0.334. The quantitative estimate of drug-likeness (QED) is 0.222. The van der Waals surface area contributed by atoms with Crippen LogP contribution in [0.5, 0.6) is 5.75 Å². The van der Waals surface area contributed by atoms with Gasteiger partial charge in [0, 0.05) is 30.4 Å². The van der Waals surface area contributed by atoms with Gasteiger partial charge in [0.25, 0.3) is 0 Å². The molecule has 48 heavy (non-hydrogen) atoms. The van der Waals surface area contributed by atoms with Crippen LogP contribution in [0.15, 0.2) is 54.6 Å². The molecule has 0 saturated carbocycles. The first kappa shape index (κ1) is 33.6. The zero-order valence-electron chi connectivity index (χ0n) is 28.8. The van der Waals surface area contributed by atoms with Gasteiger partial charge in [-0.2, -0.15) is 9.61 Å². The number of fused-ring (bicyclic) bond motifs is 6. The summed E-state index contributed by atoms with van der Waals surface area (Å²) in [6, 6.07) is 13.0. The number of carbonyl (C=O) groups is 1. The highest BCUT2D eigenvalue weighted by Gasteiger charge is 2.38. The van der Waals surface area contributed by atoms with Crippen molar-refractivity contribution in [1.29, 1.82) is 0 Å². The van der Waals surface area contributed by atoms with Crippen molar-refractivity contribution in [2.45, 2.75) is 91.1 Å². The van der Waals surface area contributed by atoms with Crippen molar-refractivity contribution in [2.24, 2.45) is 0 Å². The molecular formula is C38H45FN4O5. The molecule has 0 unspecified atom stereocenters. The molecule has 9 nitrogen and oxygen atoms in total. The van der Waals surface area contributed by atoms with Gasteiger partial charge in [-0.3, -0.25) is 0 Å². The number of aryl methyl sites for hydroxylation is 2. The Labute approximate surface area is 281 Å². The molecule has 6 bridgehead atoms. The molecule has 254 valence electrons. The van der Waals surface area contributed by atoms with E-state index in [4.69, 9.17) is 24.3 Å². The Morgan fingerprint density at radius 3 is 2.56 bits per heavy atom. The molecule has 0 radical (unpaired) electrons. The fourth-order valence-corrected chi connectivity index (χ4v) is 6.53. The highest BCUT2D eigenvalue weighted by molar-refractivity contribution is 5.80. The van der Waals surface area contributed by atoms with Gasteiger partial charge in [0.05, 0.1) is 34.6 Å². The summed E-state index contributed by atoms with van der Waals surface area (Å²) in [7, 11) is 0. The van der Waals surface area contributed by atoms with Crippen LogP contribution in [0.1, 0.15) is 76.8 Å². The number of carboxylic acids is 1. The largest absolute Gasteiger partial charge is 0.486 e. The molecule has 1 N–H and O–H groups in total. The molecule has 0 amide bonds. The Balaban J connectivity index is 1.58. The van der Waals surface area contributed by atoms with E-state index < -0.39 is 17.7 Å². The number of ether oxygens (including phenoxy) is 3. The molecule has 3 aliphatic heterocycles. The van der Waals surface area contributed by atoms with Crippen molar-refractivity contribution in [1.82, 2.24) is 14.6 Å². The van der Waals surface area contributed by atoms with E-state index in [1.165, 1.54) is 0 Å². The van der Waals surface area contributed by atoms with E-state index in [1.54, 1.807) is 17.5 Å². The predicted molar refractivity (Wildman–Crippen MR) is 184 cm³/mol. The molecule has 7 rings (SSSR count). The standard InChI is InChI=1S/C38H45FN4O5/c1-8-27-13-10-20-46-38(7)16-18-42(19-17-38)35-31(34(36(44)45)48-37(4,5)6)24(3)40-30-22-28(41-43(30)35)25-11-9-12-26(21-25)32-29(47-27)15-14-23(2)33(32)39/h9-15,21-22,27,34H,8,16-20H2,1-7H3,(H,44,45)/b13-10+/t27-,34-/m0/s1. The zero-order valence-corrected chi connectivity index (χ0v) is 28.8. The summed E-state index contributed by atoms with van der Waals surface area (Å²) in [5.41, 5.74) is 3.44. The average Bonchev–Trinajstić information content (AvgIpc) is 3.46. The molecule has 2 atom stereocenters. The number of aromatic nitrogens is 3. The van der Waals surface area contributed by atoms with Crippen LogP contribution in [-0.4, -0.2) is 62.7 Å². The Kier molecular flexibility index (Phi) is 9.08. The van der Waals surface area contributed by atoms with Crippen molar-refractivity contribution in [3.05, 3.63) is 77.3 Å². The van der Waals surface area contributed by atoms with Gasteiger partial charge in [-0.05, 0) is 90.1 Å². The van der Waals surface area contributed by atoms with Gasteiger partial charge in [0.1, 0.15) is 23.5 Å². The number of hydrogen-bond donors (Lipinski definition) is 1. The second-order valence-electron chi connectivity index (χ2n) is 14.1. The summed E-state index contributed by atoms with van der Waals surface area (Å²) in [6.07, 6.45) is 4.57. The Bertz CT molecular complexity index is 1870. The first-order chi connectivity index (χ1) is 22.8. The van der Waals surface area contributed by atoms with Gasteiger partial charge in [-0.15, -0.1) is 0 Å². The Morgan fingerprint density at radius 2 is 1.88 bits per heavy atom. The first-order valence-electron chi connectivity index (χ1n) is 16.7. The molecule has 0 aliphatic carbocycles. The maximum Gasteiger partial charge on any atom is 0.337 e. The van der Waals surface area contributed by atoms with Crippen LogP contribution in [0.3, 0.4) is 0 Å². The van der Waals surface area contributed by atoms with E-state index in [9.17, 15) is 9.90 Å². The average molecular weight is 657 g/mol. The summed E-state index contributed by atoms with van der Waals surface area (Å²) in [4.78, 5) is 19.8. The Morgan fingerprint density at radius 1 is 1.15 bits per heavy atom. The van der Waals surface area contributed by atoms with E-state index in [1.807, 2.05) is 83.2 Å². The third-order valence-corrected chi connectivity index (χ3v) is 9.19. The van der Waals surface area contributed by atoms with Gasteiger partial charge in [0.15, 0.2) is 11.8 Å². The van der Waals surface area contributed by atoms with Crippen LogP contribution in [0, 0.1) is 19.7 Å². The summed E-state index contributed by atoms with van der Waals surface area (Å²) >= 11 is 0. The number of halogens is 1. The number of hydrogen-bond acceptors (Lipinski definition) is 7. The normalized spacial score (nSPS) is 21.2. The summed E-state index contributed by atoms with van der Waals surface area (Å²) in [6.45, 7) is 14.9. The van der Waals surface area contributed by atoms with Gasteiger partial charge in [0.2, 0.25) is 0 Å². The number of rotatable bonds is 4. The molecule has 3 aliphatic rings. The molecule has 4 aromatic rings. The highest BCUT2D eigenvalue weighted by atomic mass is 19.1. The van der Waals surface area contributed by atoms with E-state index in [2.05, 4.69) is 11.8 Å². The van der Waals surface area contributed by atoms with Crippen LogP contribution >= 0.6 is 0 Å².